The van der Waals surface area contributed by atoms with E-state index in [9.17, 15) is 4.39 Å². The summed E-state index contributed by atoms with van der Waals surface area (Å²) in [6, 6.07) is 5.13. The van der Waals surface area contributed by atoms with Crippen LogP contribution < -0.4 is 5.32 Å². The second-order valence-electron chi connectivity index (χ2n) is 4.49. The van der Waals surface area contributed by atoms with Crippen molar-refractivity contribution in [2.24, 2.45) is 0 Å². The van der Waals surface area contributed by atoms with E-state index in [4.69, 9.17) is 0 Å². The molecule has 0 amide bonds. The van der Waals surface area contributed by atoms with Gasteiger partial charge in [0, 0.05) is 23.4 Å². The third-order valence-electron chi connectivity index (χ3n) is 2.91. The van der Waals surface area contributed by atoms with Crippen LogP contribution in [0, 0.1) is 12.7 Å². The van der Waals surface area contributed by atoms with Crippen molar-refractivity contribution in [2.45, 2.75) is 19.8 Å². The van der Waals surface area contributed by atoms with E-state index in [1.807, 2.05) is 18.5 Å². The molecule has 2 nitrogen and oxygen atoms in total. The molecule has 0 aliphatic heterocycles. The molecule has 0 saturated carbocycles. The molecule has 1 atom stereocenters. The Morgan fingerprint density at radius 3 is 2.89 bits per heavy atom. The number of benzene rings is 1. The monoisotopic (exact) mass is 264 g/mol. The summed E-state index contributed by atoms with van der Waals surface area (Å²) in [6.45, 7) is 4.83. The molecule has 96 valence electrons. The number of hydrogen-bond donors (Lipinski definition) is 1. The Bertz CT molecular complexity index is 536. The van der Waals surface area contributed by atoms with E-state index in [2.05, 4.69) is 17.2 Å². The normalized spacial score (nSPS) is 12.7. The second-order valence-corrected chi connectivity index (χ2v) is 5.38. The molecule has 0 saturated heterocycles. The highest BCUT2D eigenvalue weighted by molar-refractivity contribution is 7.10. The Morgan fingerprint density at radius 1 is 1.44 bits per heavy atom. The number of aromatic nitrogens is 1. The maximum atomic E-state index is 13.2. The van der Waals surface area contributed by atoms with Gasteiger partial charge in [0.25, 0.3) is 0 Å². The Balaban J connectivity index is 2.26. The number of rotatable bonds is 4. The average molecular weight is 264 g/mol. The molecule has 0 aliphatic carbocycles. The first-order valence-electron chi connectivity index (χ1n) is 5.98. The third kappa shape index (κ3) is 2.76. The molecule has 0 aliphatic rings. The topological polar surface area (TPSA) is 24.9 Å². The summed E-state index contributed by atoms with van der Waals surface area (Å²) in [6.07, 6.45) is 0. The molecule has 18 heavy (non-hydrogen) atoms. The van der Waals surface area contributed by atoms with Crippen LogP contribution in [0.5, 0.6) is 0 Å². The summed E-state index contributed by atoms with van der Waals surface area (Å²) in [4.78, 5) is 4.63. The van der Waals surface area contributed by atoms with Gasteiger partial charge < -0.3 is 5.32 Å². The fraction of sp³-hybridized carbons (Fsp3) is 0.357. The van der Waals surface area contributed by atoms with Gasteiger partial charge in [-0.05, 0) is 37.7 Å². The van der Waals surface area contributed by atoms with Crippen molar-refractivity contribution in [3.63, 3.8) is 0 Å². The van der Waals surface area contributed by atoms with Gasteiger partial charge >= 0.3 is 0 Å². The molecular formula is C14H17FN2S. The second kappa shape index (κ2) is 5.59. The Hall–Kier alpha value is -1.26. The zero-order valence-corrected chi connectivity index (χ0v) is 11.6. The van der Waals surface area contributed by atoms with E-state index in [1.165, 1.54) is 6.07 Å². The maximum Gasteiger partial charge on any atom is 0.126 e. The first-order chi connectivity index (χ1) is 8.61. The predicted molar refractivity (Wildman–Crippen MR) is 74.6 cm³/mol. The van der Waals surface area contributed by atoms with Gasteiger partial charge in [0.1, 0.15) is 5.82 Å². The number of likely N-dealkylation sites (N-methyl/N-ethyl adjacent to an activating group) is 1. The SMILES string of the molecule is CNCC(C)c1nc(-c2ccc(F)c(C)c2)cs1. The van der Waals surface area contributed by atoms with Gasteiger partial charge in [-0.2, -0.15) is 0 Å². The summed E-state index contributed by atoms with van der Waals surface area (Å²) < 4.78 is 13.2. The molecule has 0 bridgehead atoms. The molecule has 1 aromatic heterocycles. The van der Waals surface area contributed by atoms with E-state index in [-0.39, 0.29) is 5.82 Å². The van der Waals surface area contributed by atoms with Crippen molar-refractivity contribution >= 4 is 11.3 Å². The van der Waals surface area contributed by atoms with Crippen LogP contribution in [0.4, 0.5) is 4.39 Å². The van der Waals surface area contributed by atoms with Crippen molar-refractivity contribution in [2.75, 3.05) is 13.6 Å². The van der Waals surface area contributed by atoms with E-state index in [0.29, 0.717) is 11.5 Å². The lowest BCUT2D eigenvalue weighted by Gasteiger charge is -2.06. The summed E-state index contributed by atoms with van der Waals surface area (Å²) in [5, 5.41) is 6.30. The van der Waals surface area contributed by atoms with Gasteiger partial charge in [-0.1, -0.05) is 6.92 Å². The number of thiazole rings is 1. The van der Waals surface area contributed by atoms with Crippen LogP contribution in [0.25, 0.3) is 11.3 Å². The third-order valence-corrected chi connectivity index (χ3v) is 3.98. The van der Waals surface area contributed by atoms with Crippen LogP contribution in [-0.4, -0.2) is 18.6 Å². The van der Waals surface area contributed by atoms with Gasteiger partial charge in [0.15, 0.2) is 0 Å². The summed E-state index contributed by atoms with van der Waals surface area (Å²) in [5.41, 5.74) is 2.57. The van der Waals surface area contributed by atoms with Crippen LogP contribution in [0.3, 0.4) is 0 Å². The fourth-order valence-corrected chi connectivity index (χ4v) is 2.73. The first kappa shape index (κ1) is 13.2. The molecule has 1 aromatic carbocycles. The minimum atomic E-state index is -0.169. The van der Waals surface area contributed by atoms with Crippen molar-refractivity contribution < 1.29 is 4.39 Å². The maximum absolute atomic E-state index is 13.2. The number of hydrogen-bond acceptors (Lipinski definition) is 3. The van der Waals surface area contributed by atoms with Crippen LogP contribution in [0.15, 0.2) is 23.6 Å². The van der Waals surface area contributed by atoms with Gasteiger partial charge in [-0.15, -0.1) is 11.3 Å². The van der Waals surface area contributed by atoms with E-state index in [0.717, 1.165) is 22.8 Å². The number of aryl methyl sites for hydroxylation is 1. The minimum Gasteiger partial charge on any atom is -0.319 e. The highest BCUT2D eigenvalue weighted by atomic mass is 32.1. The van der Waals surface area contributed by atoms with Crippen LogP contribution in [0.2, 0.25) is 0 Å². The molecule has 0 spiro atoms. The molecule has 2 aromatic rings. The van der Waals surface area contributed by atoms with Crippen LogP contribution >= 0.6 is 11.3 Å². The number of nitrogens with zero attached hydrogens (tertiary/aromatic N) is 1. The Kier molecular flexibility index (Phi) is 4.09. The predicted octanol–water partition coefficient (Wildman–Crippen LogP) is 3.58. The molecule has 1 N–H and O–H groups in total. The smallest absolute Gasteiger partial charge is 0.126 e. The van der Waals surface area contributed by atoms with Crippen molar-refractivity contribution in [1.29, 1.82) is 0 Å². The van der Waals surface area contributed by atoms with E-state index < -0.39 is 0 Å². The minimum absolute atomic E-state index is 0.169. The summed E-state index contributed by atoms with van der Waals surface area (Å²) >= 11 is 1.66. The van der Waals surface area contributed by atoms with E-state index >= 15 is 0 Å². The lowest BCUT2D eigenvalue weighted by molar-refractivity contribution is 0.618. The first-order valence-corrected chi connectivity index (χ1v) is 6.86. The Labute approximate surface area is 111 Å². The van der Waals surface area contributed by atoms with Crippen LogP contribution in [-0.2, 0) is 0 Å². The molecule has 1 unspecified atom stereocenters. The summed E-state index contributed by atoms with van der Waals surface area (Å²) in [7, 11) is 1.94. The van der Waals surface area contributed by atoms with Crippen molar-refractivity contribution in [3.05, 3.63) is 40.0 Å². The van der Waals surface area contributed by atoms with Gasteiger partial charge in [-0.3, -0.25) is 0 Å². The molecule has 1 heterocycles. The Morgan fingerprint density at radius 2 is 2.22 bits per heavy atom. The van der Waals surface area contributed by atoms with E-state index in [1.54, 1.807) is 24.3 Å². The van der Waals surface area contributed by atoms with Gasteiger partial charge in [0.2, 0.25) is 0 Å². The van der Waals surface area contributed by atoms with Crippen molar-refractivity contribution in [3.8, 4) is 11.3 Å². The lowest BCUT2D eigenvalue weighted by atomic mass is 10.1. The number of halogens is 1. The zero-order valence-electron chi connectivity index (χ0n) is 10.8. The lowest BCUT2D eigenvalue weighted by Crippen LogP contribution is -2.14. The van der Waals surface area contributed by atoms with Crippen molar-refractivity contribution in [1.82, 2.24) is 10.3 Å². The standard InChI is InChI=1S/C14H17FN2S/c1-9-6-11(4-5-12(9)15)13-8-18-14(17-13)10(2)7-16-3/h4-6,8,10,16H,7H2,1-3H3. The molecule has 0 fully saturated rings. The molecule has 4 heteroatoms. The highest BCUT2D eigenvalue weighted by Crippen LogP contribution is 2.27. The molecule has 2 rings (SSSR count). The quantitative estimate of drug-likeness (QED) is 0.913. The summed E-state index contributed by atoms with van der Waals surface area (Å²) in [5.74, 6) is 0.230. The zero-order chi connectivity index (χ0) is 13.1. The molecular weight excluding hydrogens is 247 g/mol. The molecule has 0 radical (unpaired) electrons. The largest absolute Gasteiger partial charge is 0.319 e. The van der Waals surface area contributed by atoms with Crippen LogP contribution in [0.1, 0.15) is 23.4 Å². The fourth-order valence-electron chi connectivity index (χ4n) is 1.84. The van der Waals surface area contributed by atoms with Gasteiger partial charge in [-0.25, -0.2) is 9.37 Å². The highest BCUT2D eigenvalue weighted by Gasteiger charge is 2.11. The average Bonchev–Trinajstić information content (AvgIpc) is 2.82. The number of nitrogens with one attached hydrogen (secondary N) is 1. The van der Waals surface area contributed by atoms with Gasteiger partial charge in [0.05, 0.1) is 10.7 Å².